The predicted octanol–water partition coefficient (Wildman–Crippen LogP) is 4.33. The Labute approximate surface area is 297 Å². The number of likely N-dealkylation sites (tertiary alicyclic amines) is 3. The number of hydrogen-bond donors (Lipinski definition) is 1. The SMILES string of the molecule is C[C@@H](OCC1CCC(F)(F)CC1)[C@H](NC(=O)C1CN(C(=O)c2cncs2)CC12CN(C(=O)[C@H]1CC1(C)C)C2)C(=O)N1CCC(OC(F)(F)F)CC1. The molecule has 1 aromatic heterocycles. The maximum Gasteiger partial charge on any atom is 0.522 e. The Morgan fingerprint density at radius 1 is 1.00 bits per heavy atom. The fourth-order valence-electron chi connectivity index (χ4n) is 8.13. The number of alkyl halides is 5. The van der Waals surface area contributed by atoms with Crippen LogP contribution in [0.2, 0.25) is 0 Å². The van der Waals surface area contributed by atoms with Crippen LogP contribution in [0.1, 0.15) is 75.4 Å². The summed E-state index contributed by atoms with van der Waals surface area (Å²) >= 11 is 1.18. The van der Waals surface area contributed by atoms with Crippen LogP contribution in [0.5, 0.6) is 0 Å². The number of carbonyl (C=O) groups excluding carboxylic acids is 4. The van der Waals surface area contributed by atoms with Gasteiger partial charge in [-0.2, -0.15) is 0 Å². The molecule has 3 aliphatic heterocycles. The van der Waals surface area contributed by atoms with Crippen molar-refractivity contribution >= 4 is 35.0 Å². The van der Waals surface area contributed by atoms with Gasteiger partial charge in [0.1, 0.15) is 10.9 Å². The minimum Gasteiger partial charge on any atom is -0.376 e. The van der Waals surface area contributed by atoms with Gasteiger partial charge in [0.15, 0.2) is 0 Å². The van der Waals surface area contributed by atoms with E-state index in [1.54, 1.807) is 22.2 Å². The highest BCUT2D eigenvalue weighted by atomic mass is 32.1. The van der Waals surface area contributed by atoms with Gasteiger partial charge in [0.05, 0.1) is 29.8 Å². The smallest absolute Gasteiger partial charge is 0.376 e. The summed E-state index contributed by atoms with van der Waals surface area (Å²) < 4.78 is 76.3. The summed E-state index contributed by atoms with van der Waals surface area (Å²) in [4.78, 5) is 64.1. The fraction of sp³-hybridized carbons (Fsp3) is 0.794. The lowest BCUT2D eigenvalue weighted by atomic mass is 9.70. The lowest BCUT2D eigenvalue weighted by Gasteiger charge is -2.50. The molecule has 3 saturated heterocycles. The average molecular weight is 748 g/mol. The molecule has 0 aromatic carbocycles. The van der Waals surface area contributed by atoms with Crippen LogP contribution >= 0.6 is 11.3 Å². The van der Waals surface area contributed by atoms with Crippen LogP contribution in [0.3, 0.4) is 0 Å². The van der Waals surface area contributed by atoms with Gasteiger partial charge in [0.25, 0.3) is 5.91 Å². The lowest BCUT2D eigenvalue weighted by Crippen LogP contribution is -2.65. The standard InChI is InChI=1S/C34H46F5N5O6S/c1-20(49-15-21-4-8-33(35,36)9-5-21)26(30(48)42-10-6-22(7-11-42)50-34(37,38)39)41-27(45)24-14-43(29(47)25-13-40-19-51-25)16-32(24)17-44(18-32)28(46)23-12-31(23,2)3/h13,19-24,26H,4-12,14-18H2,1-3H3,(H,41,45)/t20-,23-,24?,26+/m1/s1. The molecular formula is C34H46F5N5O6S. The zero-order valence-electron chi connectivity index (χ0n) is 29.1. The quantitative estimate of drug-likeness (QED) is 0.354. The summed E-state index contributed by atoms with van der Waals surface area (Å²) in [6.07, 6.45) is -4.71. The molecule has 1 spiro atoms. The summed E-state index contributed by atoms with van der Waals surface area (Å²) in [5.41, 5.74) is 0.701. The van der Waals surface area contributed by atoms with E-state index in [0.29, 0.717) is 4.88 Å². The van der Waals surface area contributed by atoms with Gasteiger partial charge in [-0.1, -0.05) is 13.8 Å². The number of nitrogens with one attached hydrogen (secondary N) is 1. The van der Waals surface area contributed by atoms with Crippen molar-refractivity contribution in [3.05, 3.63) is 16.6 Å². The van der Waals surface area contributed by atoms with Crippen molar-refractivity contribution in [2.24, 2.45) is 28.6 Å². The van der Waals surface area contributed by atoms with Gasteiger partial charge < -0.3 is 24.8 Å². The van der Waals surface area contributed by atoms with Crippen LogP contribution in [0, 0.1) is 28.6 Å². The van der Waals surface area contributed by atoms with Gasteiger partial charge in [-0.15, -0.1) is 24.5 Å². The second-order valence-corrected chi connectivity index (χ2v) is 16.7. The summed E-state index contributed by atoms with van der Waals surface area (Å²) in [6.45, 7) is 6.51. The van der Waals surface area contributed by atoms with Crippen molar-refractivity contribution in [1.82, 2.24) is 25.0 Å². The van der Waals surface area contributed by atoms with E-state index in [1.807, 2.05) is 13.8 Å². The van der Waals surface area contributed by atoms with Crippen LogP contribution in [0.25, 0.3) is 0 Å². The number of hydrogen-bond acceptors (Lipinski definition) is 8. The molecule has 4 atom stereocenters. The Morgan fingerprint density at radius 2 is 1.63 bits per heavy atom. The highest BCUT2D eigenvalue weighted by Gasteiger charge is 2.62. The van der Waals surface area contributed by atoms with Crippen molar-refractivity contribution in [1.29, 1.82) is 0 Å². The van der Waals surface area contributed by atoms with Crippen molar-refractivity contribution in [2.75, 3.05) is 45.9 Å². The second-order valence-electron chi connectivity index (χ2n) is 15.8. The molecule has 17 heteroatoms. The first-order chi connectivity index (χ1) is 23.9. The third-order valence-electron chi connectivity index (χ3n) is 11.5. The minimum atomic E-state index is -4.80. The third-order valence-corrected chi connectivity index (χ3v) is 12.3. The number of halogens is 5. The molecule has 5 fully saturated rings. The largest absolute Gasteiger partial charge is 0.522 e. The van der Waals surface area contributed by atoms with Gasteiger partial charge in [0.2, 0.25) is 23.6 Å². The lowest BCUT2D eigenvalue weighted by molar-refractivity contribution is -0.345. The summed E-state index contributed by atoms with van der Waals surface area (Å²) in [7, 11) is 0. The number of carbonyl (C=O) groups is 4. The van der Waals surface area contributed by atoms with Crippen LogP contribution in [-0.2, 0) is 23.9 Å². The highest BCUT2D eigenvalue weighted by molar-refractivity contribution is 7.11. The molecule has 11 nitrogen and oxygen atoms in total. The Balaban J connectivity index is 1.17. The molecule has 4 heterocycles. The molecule has 0 radical (unpaired) electrons. The molecule has 1 unspecified atom stereocenters. The first kappa shape index (κ1) is 37.8. The van der Waals surface area contributed by atoms with Crippen LogP contribution in [-0.4, -0.2) is 120 Å². The number of rotatable bonds is 10. The van der Waals surface area contributed by atoms with Crippen molar-refractivity contribution in [2.45, 2.75) is 96.3 Å². The summed E-state index contributed by atoms with van der Waals surface area (Å²) in [6, 6.07) is -1.24. The van der Waals surface area contributed by atoms with E-state index >= 15 is 0 Å². The maximum absolute atomic E-state index is 14.3. The third kappa shape index (κ3) is 8.50. The van der Waals surface area contributed by atoms with Gasteiger partial charge in [-0.05, 0) is 50.4 Å². The van der Waals surface area contributed by atoms with E-state index in [-0.39, 0.29) is 113 Å². The van der Waals surface area contributed by atoms with Gasteiger partial charge in [0, 0.05) is 70.0 Å². The molecule has 0 bridgehead atoms. The zero-order chi connectivity index (χ0) is 36.9. The predicted molar refractivity (Wildman–Crippen MR) is 173 cm³/mol. The molecule has 1 N–H and O–H groups in total. The molecule has 5 aliphatic rings. The average Bonchev–Trinajstić information content (AvgIpc) is 3.41. The molecule has 6 rings (SSSR count). The Hall–Kier alpha value is -2.92. The van der Waals surface area contributed by atoms with E-state index in [0.717, 1.165) is 6.42 Å². The molecule has 284 valence electrons. The number of piperidine rings is 1. The fourth-order valence-corrected chi connectivity index (χ4v) is 8.71. The van der Waals surface area contributed by atoms with E-state index in [9.17, 15) is 41.1 Å². The first-order valence-corrected chi connectivity index (χ1v) is 18.5. The Kier molecular flexibility index (Phi) is 10.5. The monoisotopic (exact) mass is 747 g/mol. The summed E-state index contributed by atoms with van der Waals surface area (Å²) in [5.74, 6) is -5.07. The normalized spacial score (nSPS) is 27.2. The molecule has 2 saturated carbocycles. The van der Waals surface area contributed by atoms with E-state index in [2.05, 4.69) is 15.0 Å². The molecule has 2 aliphatic carbocycles. The topological polar surface area (TPSA) is 121 Å². The van der Waals surface area contributed by atoms with Crippen molar-refractivity contribution in [3.8, 4) is 0 Å². The van der Waals surface area contributed by atoms with Gasteiger partial charge in [-0.3, -0.25) is 28.9 Å². The number of nitrogens with zero attached hydrogens (tertiary/aromatic N) is 4. The molecule has 1 aromatic rings. The second kappa shape index (κ2) is 14.1. The number of aromatic nitrogens is 1. The molecule has 4 amide bonds. The van der Waals surface area contributed by atoms with Crippen molar-refractivity contribution < 1.29 is 50.6 Å². The minimum absolute atomic E-state index is 0.0190. The van der Waals surface area contributed by atoms with Crippen LogP contribution in [0.4, 0.5) is 22.0 Å². The molecular weight excluding hydrogens is 701 g/mol. The number of ether oxygens (including phenoxy) is 2. The van der Waals surface area contributed by atoms with Gasteiger partial charge >= 0.3 is 6.36 Å². The highest BCUT2D eigenvalue weighted by Crippen LogP contribution is 2.54. The zero-order valence-corrected chi connectivity index (χ0v) is 29.9. The van der Waals surface area contributed by atoms with E-state index in [1.165, 1.54) is 22.4 Å². The Bertz CT molecular complexity index is 1450. The molecule has 51 heavy (non-hydrogen) atoms. The number of thiazole rings is 1. The number of amides is 4. The van der Waals surface area contributed by atoms with E-state index in [4.69, 9.17) is 4.74 Å². The van der Waals surface area contributed by atoms with Crippen LogP contribution < -0.4 is 5.32 Å². The Morgan fingerprint density at radius 3 is 2.20 bits per heavy atom. The van der Waals surface area contributed by atoms with Gasteiger partial charge in [-0.25, -0.2) is 8.78 Å². The first-order valence-electron chi connectivity index (χ1n) is 17.7. The van der Waals surface area contributed by atoms with Crippen LogP contribution in [0.15, 0.2) is 11.7 Å². The van der Waals surface area contributed by atoms with Crippen molar-refractivity contribution in [3.63, 3.8) is 0 Å². The maximum atomic E-state index is 14.3. The summed E-state index contributed by atoms with van der Waals surface area (Å²) in [5, 5.41) is 2.88. The van der Waals surface area contributed by atoms with E-state index < -0.39 is 53.7 Å².